The molecule has 106 valence electrons. The predicted octanol–water partition coefficient (Wildman–Crippen LogP) is 3.67. The van der Waals surface area contributed by atoms with Gasteiger partial charge in [0.1, 0.15) is 11.9 Å². The van der Waals surface area contributed by atoms with E-state index < -0.39 is 6.10 Å². The van der Waals surface area contributed by atoms with Gasteiger partial charge in [-0.2, -0.15) is 0 Å². The number of hydrogen-bond acceptors (Lipinski definition) is 4. The third-order valence-electron chi connectivity index (χ3n) is 2.85. The minimum Gasteiger partial charge on any atom is -0.489 e. The monoisotopic (exact) mass is 289 g/mol. The molecule has 0 amide bonds. The van der Waals surface area contributed by atoms with Crippen LogP contribution in [0.2, 0.25) is 0 Å². The van der Waals surface area contributed by atoms with E-state index in [2.05, 4.69) is 4.98 Å². The zero-order valence-electron chi connectivity index (χ0n) is 11.9. The second-order valence-corrected chi connectivity index (χ2v) is 5.68. The summed E-state index contributed by atoms with van der Waals surface area (Å²) in [4.78, 5) is 5.31. The molecular weight excluding hydrogens is 270 g/mol. The zero-order valence-corrected chi connectivity index (χ0v) is 12.7. The molecule has 1 unspecified atom stereocenters. The zero-order chi connectivity index (χ0) is 14.5. The fraction of sp³-hybridized carbons (Fsp3) is 0.312. The Kier molecular flexibility index (Phi) is 5.04. The Bertz CT molecular complexity index is 555. The maximum Gasteiger partial charge on any atom is 0.138 e. The SMILES string of the molecule is CSc1ccc(C(O)c2cncc(OC(C)C)c2)cc1. The Hall–Kier alpha value is -1.52. The van der Waals surface area contributed by atoms with Crippen LogP contribution in [-0.2, 0) is 0 Å². The molecule has 1 aromatic carbocycles. The average molecular weight is 289 g/mol. The lowest BCUT2D eigenvalue weighted by atomic mass is 10.0. The molecule has 0 saturated carbocycles. The molecule has 0 aliphatic heterocycles. The van der Waals surface area contributed by atoms with E-state index in [4.69, 9.17) is 4.74 Å². The summed E-state index contributed by atoms with van der Waals surface area (Å²) < 4.78 is 5.60. The van der Waals surface area contributed by atoms with Gasteiger partial charge < -0.3 is 9.84 Å². The first-order valence-electron chi connectivity index (χ1n) is 6.53. The van der Waals surface area contributed by atoms with Gasteiger partial charge in [-0.3, -0.25) is 4.98 Å². The van der Waals surface area contributed by atoms with E-state index >= 15 is 0 Å². The maximum atomic E-state index is 10.4. The van der Waals surface area contributed by atoms with Crippen LogP contribution in [0, 0.1) is 0 Å². The number of ether oxygens (including phenoxy) is 1. The van der Waals surface area contributed by atoms with Crippen molar-refractivity contribution in [3.8, 4) is 5.75 Å². The van der Waals surface area contributed by atoms with Gasteiger partial charge in [-0.15, -0.1) is 11.8 Å². The normalized spacial score (nSPS) is 12.4. The first kappa shape index (κ1) is 14.9. The van der Waals surface area contributed by atoms with Crippen LogP contribution in [0.4, 0.5) is 0 Å². The van der Waals surface area contributed by atoms with E-state index in [9.17, 15) is 5.11 Å². The van der Waals surface area contributed by atoms with Crippen LogP contribution in [-0.4, -0.2) is 22.5 Å². The average Bonchev–Trinajstić information content (AvgIpc) is 2.46. The van der Waals surface area contributed by atoms with Gasteiger partial charge in [0.25, 0.3) is 0 Å². The van der Waals surface area contributed by atoms with Crippen LogP contribution in [0.15, 0.2) is 47.6 Å². The minimum absolute atomic E-state index is 0.0880. The Balaban J connectivity index is 2.20. The molecule has 0 radical (unpaired) electrons. The van der Waals surface area contributed by atoms with E-state index in [1.807, 2.05) is 50.4 Å². The number of thioether (sulfide) groups is 1. The third-order valence-corrected chi connectivity index (χ3v) is 3.60. The molecular formula is C16H19NO2S. The summed E-state index contributed by atoms with van der Waals surface area (Å²) in [5.41, 5.74) is 1.59. The van der Waals surface area contributed by atoms with Crippen molar-refractivity contribution in [3.63, 3.8) is 0 Å². The van der Waals surface area contributed by atoms with E-state index in [-0.39, 0.29) is 6.10 Å². The third kappa shape index (κ3) is 3.74. The Labute approximate surface area is 124 Å². The lowest BCUT2D eigenvalue weighted by Crippen LogP contribution is -2.07. The van der Waals surface area contributed by atoms with Gasteiger partial charge in [-0.05, 0) is 43.9 Å². The smallest absolute Gasteiger partial charge is 0.138 e. The van der Waals surface area contributed by atoms with Crippen molar-refractivity contribution in [1.82, 2.24) is 4.98 Å². The van der Waals surface area contributed by atoms with Crippen molar-refractivity contribution < 1.29 is 9.84 Å². The molecule has 20 heavy (non-hydrogen) atoms. The molecule has 1 N–H and O–H groups in total. The Morgan fingerprint density at radius 3 is 2.40 bits per heavy atom. The summed E-state index contributed by atoms with van der Waals surface area (Å²) in [7, 11) is 0. The highest BCUT2D eigenvalue weighted by molar-refractivity contribution is 7.98. The van der Waals surface area contributed by atoms with Gasteiger partial charge in [0.15, 0.2) is 0 Å². The summed E-state index contributed by atoms with van der Waals surface area (Å²) in [5.74, 6) is 0.678. The summed E-state index contributed by atoms with van der Waals surface area (Å²) in [6, 6.07) is 9.72. The van der Waals surface area contributed by atoms with Crippen LogP contribution in [0.5, 0.6) is 5.75 Å². The lowest BCUT2D eigenvalue weighted by molar-refractivity contribution is 0.215. The van der Waals surface area contributed by atoms with E-state index in [1.54, 1.807) is 24.2 Å². The molecule has 1 aromatic heterocycles. The lowest BCUT2D eigenvalue weighted by Gasteiger charge is -2.14. The van der Waals surface area contributed by atoms with Crippen molar-refractivity contribution in [2.75, 3.05) is 6.26 Å². The van der Waals surface area contributed by atoms with E-state index in [0.717, 1.165) is 11.1 Å². The van der Waals surface area contributed by atoms with Crippen molar-refractivity contribution in [2.24, 2.45) is 0 Å². The molecule has 0 spiro atoms. The number of aliphatic hydroxyl groups is 1. The summed E-state index contributed by atoms with van der Waals surface area (Å²) in [5, 5.41) is 10.4. The second kappa shape index (κ2) is 6.77. The topological polar surface area (TPSA) is 42.4 Å². The number of aliphatic hydroxyl groups excluding tert-OH is 1. The molecule has 0 aliphatic carbocycles. The van der Waals surface area contributed by atoms with Gasteiger partial charge in [-0.25, -0.2) is 0 Å². The molecule has 2 aromatic rings. The van der Waals surface area contributed by atoms with Gasteiger partial charge in [-0.1, -0.05) is 12.1 Å². The highest BCUT2D eigenvalue weighted by atomic mass is 32.2. The summed E-state index contributed by atoms with van der Waals surface area (Å²) in [6.45, 7) is 3.93. The largest absolute Gasteiger partial charge is 0.489 e. The van der Waals surface area contributed by atoms with Gasteiger partial charge >= 0.3 is 0 Å². The first-order chi connectivity index (χ1) is 9.60. The molecule has 4 heteroatoms. The second-order valence-electron chi connectivity index (χ2n) is 4.80. The minimum atomic E-state index is -0.686. The molecule has 1 atom stereocenters. The highest BCUT2D eigenvalue weighted by Gasteiger charge is 2.12. The fourth-order valence-electron chi connectivity index (χ4n) is 1.90. The van der Waals surface area contributed by atoms with Gasteiger partial charge in [0.05, 0.1) is 12.3 Å². The number of benzene rings is 1. The number of rotatable bonds is 5. The molecule has 1 heterocycles. The van der Waals surface area contributed by atoms with E-state index in [0.29, 0.717) is 5.75 Å². The van der Waals surface area contributed by atoms with Gasteiger partial charge in [0.2, 0.25) is 0 Å². The van der Waals surface area contributed by atoms with Crippen molar-refractivity contribution >= 4 is 11.8 Å². The quantitative estimate of drug-likeness (QED) is 0.853. The Morgan fingerprint density at radius 2 is 1.80 bits per heavy atom. The predicted molar refractivity (Wildman–Crippen MR) is 82.3 cm³/mol. The van der Waals surface area contributed by atoms with Crippen molar-refractivity contribution in [2.45, 2.75) is 31.0 Å². The summed E-state index contributed by atoms with van der Waals surface area (Å²) >= 11 is 1.68. The van der Waals surface area contributed by atoms with E-state index in [1.165, 1.54) is 4.90 Å². The molecule has 3 nitrogen and oxygen atoms in total. The molecule has 0 aliphatic rings. The molecule has 2 rings (SSSR count). The molecule has 0 bridgehead atoms. The van der Waals surface area contributed by atoms with Crippen LogP contribution in [0.3, 0.4) is 0 Å². The van der Waals surface area contributed by atoms with Crippen LogP contribution < -0.4 is 4.74 Å². The molecule has 0 saturated heterocycles. The number of hydrogen-bond donors (Lipinski definition) is 1. The fourth-order valence-corrected chi connectivity index (χ4v) is 2.31. The van der Waals surface area contributed by atoms with Crippen molar-refractivity contribution in [1.29, 1.82) is 0 Å². The first-order valence-corrected chi connectivity index (χ1v) is 7.76. The van der Waals surface area contributed by atoms with Crippen LogP contribution in [0.1, 0.15) is 31.1 Å². The summed E-state index contributed by atoms with van der Waals surface area (Å²) in [6.07, 6.45) is 4.76. The highest BCUT2D eigenvalue weighted by Crippen LogP contribution is 2.26. The van der Waals surface area contributed by atoms with Crippen LogP contribution >= 0.6 is 11.8 Å². The molecule has 0 fully saturated rings. The number of nitrogens with zero attached hydrogens (tertiary/aromatic N) is 1. The Morgan fingerprint density at radius 1 is 1.10 bits per heavy atom. The number of aromatic nitrogens is 1. The van der Waals surface area contributed by atoms with Gasteiger partial charge in [0, 0.05) is 16.7 Å². The standard InChI is InChI=1S/C16H19NO2S/c1-11(2)19-14-8-13(9-17-10-14)16(18)12-4-6-15(20-3)7-5-12/h4-11,16,18H,1-3H3. The number of pyridine rings is 1. The van der Waals surface area contributed by atoms with Crippen LogP contribution in [0.25, 0.3) is 0 Å². The maximum absolute atomic E-state index is 10.4. The van der Waals surface area contributed by atoms with Crippen molar-refractivity contribution in [3.05, 3.63) is 53.9 Å².